The van der Waals surface area contributed by atoms with Crippen LogP contribution in [-0.2, 0) is 11.2 Å². The van der Waals surface area contributed by atoms with Gasteiger partial charge < -0.3 is 14.7 Å². The van der Waals surface area contributed by atoms with Crippen LogP contribution in [-0.4, -0.2) is 78.9 Å². The van der Waals surface area contributed by atoms with Crippen molar-refractivity contribution < 1.29 is 14.4 Å². The Bertz CT molecular complexity index is 911. The maximum Gasteiger partial charge on any atom is 0.327 e. The Morgan fingerprint density at radius 3 is 2.55 bits per heavy atom. The van der Waals surface area contributed by atoms with Crippen LogP contribution in [0.5, 0.6) is 0 Å². The number of carbonyl (C=O) groups excluding carboxylic acids is 3. The van der Waals surface area contributed by atoms with Crippen LogP contribution in [0.3, 0.4) is 0 Å². The van der Waals surface area contributed by atoms with E-state index in [1.54, 1.807) is 33.3 Å². The van der Waals surface area contributed by atoms with Gasteiger partial charge in [-0.15, -0.1) is 11.3 Å². The maximum atomic E-state index is 12.9. The zero-order valence-electron chi connectivity index (χ0n) is 16.6. The fraction of sp³-hybridized carbons (Fsp3) is 0.381. The molecular formula is C21H24N4O3S. The van der Waals surface area contributed by atoms with E-state index in [4.69, 9.17) is 0 Å². The SMILES string of the molecule is CN(C)c1ccc(C(=O)N2CCN3C(=O)N(CCc4cccs4)C(=O)[C@H]3C2)cc1. The average molecular weight is 413 g/mol. The van der Waals surface area contributed by atoms with E-state index in [2.05, 4.69) is 0 Å². The van der Waals surface area contributed by atoms with Gasteiger partial charge in [0.1, 0.15) is 6.04 Å². The molecule has 2 aliphatic heterocycles. The number of rotatable bonds is 5. The summed E-state index contributed by atoms with van der Waals surface area (Å²) in [4.78, 5) is 46.2. The topological polar surface area (TPSA) is 64.2 Å². The minimum absolute atomic E-state index is 0.104. The lowest BCUT2D eigenvalue weighted by Gasteiger charge is -2.35. The Labute approximate surface area is 174 Å². The Morgan fingerprint density at radius 1 is 1.14 bits per heavy atom. The number of hydrogen-bond acceptors (Lipinski definition) is 5. The van der Waals surface area contributed by atoms with Gasteiger partial charge in [0.05, 0.1) is 6.54 Å². The highest BCUT2D eigenvalue weighted by atomic mass is 32.1. The van der Waals surface area contributed by atoms with Gasteiger partial charge in [-0.2, -0.15) is 0 Å². The van der Waals surface area contributed by atoms with E-state index in [-0.39, 0.29) is 24.4 Å². The van der Waals surface area contributed by atoms with Gasteiger partial charge in [-0.1, -0.05) is 6.07 Å². The van der Waals surface area contributed by atoms with E-state index in [1.165, 1.54) is 4.90 Å². The lowest BCUT2D eigenvalue weighted by molar-refractivity contribution is -0.129. The van der Waals surface area contributed by atoms with Crippen LogP contribution >= 0.6 is 11.3 Å². The Hall–Kier alpha value is -2.87. The number of amides is 4. The number of hydrogen-bond donors (Lipinski definition) is 0. The van der Waals surface area contributed by atoms with Crippen molar-refractivity contribution in [3.63, 3.8) is 0 Å². The molecule has 0 unspecified atom stereocenters. The third kappa shape index (κ3) is 3.72. The number of benzene rings is 1. The van der Waals surface area contributed by atoms with Crippen molar-refractivity contribution in [2.75, 3.05) is 45.2 Å². The zero-order chi connectivity index (χ0) is 20.5. The van der Waals surface area contributed by atoms with Crippen molar-refractivity contribution in [3.8, 4) is 0 Å². The first-order valence-electron chi connectivity index (χ1n) is 9.66. The molecule has 7 nitrogen and oxygen atoms in total. The van der Waals surface area contributed by atoms with Crippen LogP contribution in [0.1, 0.15) is 15.2 Å². The summed E-state index contributed by atoms with van der Waals surface area (Å²) in [6.45, 7) is 1.44. The molecule has 4 rings (SSSR count). The van der Waals surface area contributed by atoms with Gasteiger partial charge in [0, 0.05) is 49.9 Å². The van der Waals surface area contributed by atoms with Gasteiger partial charge in [-0.05, 0) is 42.1 Å². The quantitative estimate of drug-likeness (QED) is 0.706. The van der Waals surface area contributed by atoms with Gasteiger partial charge in [0.2, 0.25) is 0 Å². The van der Waals surface area contributed by atoms with E-state index in [1.807, 2.05) is 48.6 Å². The Kier molecular flexibility index (Phi) is 5.27. The molecule has 1 aromatic carbocycles. The molecule has 0 saturated carbocycles. The number of piperazine rings is 1. The van der Waals surface area contributed by atoms with Crippen molar-refractivity contribution in [3.05, 3.63) is 52.2 Å². The van der Waals surface area contributed by atoms with E-state index < -0.39 is 6.04 Å². The number of urea groups is 1. The summed E-state index contributed by atoms with van der Waals surface area (Å²) in [5.41, 5.74) is 1.61. The highest BCUT2D eigenvalue weighted by Crippen LogP contribution is 2.24. The summed E-state index contributed by atoms with van der Waals surface area (Å²) in [7, 11) is 3.89. The third-order valence-corrected chi connectivity index (χ3v) is 6.42. The summed E-state index contributed by atoms with van der Waals surface area (Å²) < 4.78 is 0. The summed E-state index contributed by atoms with van der Waals surface area (Å²) in [5, 5.41) is 1.99. The standard InChI is InChI=1S/C21H24N4O3S/c1-22(2)16-7-5-15(6-8-16)19(26)23-11-12-24-18(14-23)20(27)25(21(24)28)10-9-17-4-3-13-29-17/h3-8,13,18H,9-12,14H2,1-2H3/t18-/m1/s1. The molecule has 4 amide bonds. The van der Waals surface area contributed by atoms with Crippen molar-refractivity contribution in [2.45, 2.75) is 12.5 Å². The van der Waals surface area contributed by atoms with Crippen molar-refractivity contribution >= 4 is 34.9 Å². The van der Waals surface area contributed by atoms with Gasteiger partial charge in [-0.25, -0.2) is 4.79 Å². The second-order valence-corrected chi connectivity index (χ2v) is 8.54. The number of anilines is 1. The molecule has 3 heterocycles. The van der Waals surface area contributed by atoms with E-state index in [0.717, 1.165) is 10.6 Å². The lowest BCUT2D eigenvalue weighted by atomic mass is 10.1. The molecule has 2 saturated heterocycles. The van der Waals surface area contributed by atoms with Crippen molar-refractivity contribution in [1.82, 2.24) is 14.7 Å². The molecule has 0 aliphatic carbocycles. The molecule has 2 aliphatic rings. The van der Waals surface area contributed by atoms with Crippen LogP contribution in [0.15, 0.2) is 41.8 Å². The van der Waals surface area contributed by atoms with Crippen LogP contribution in [0, 0.1) is 0 Å². The van der Waals surface area contributed by atoms with Gasteiger partial charge in [-0.3, -0.25) is 14.5 Å². The lowest BCUT2D eigenvalue weighted by Crippen LogP contribution is -2.54. The molecule has 8 heteroatoms. The first-order chi connectivity index (χ1) is 14.0. The van der Waals surface area contributed by atoms with Crippen LogP contribution < -0.4 is 4.90 Å². The predicted molar refractivity (Wildman–Crippen MR) is 112 cm³/mol. The number of nitrogens with zero attached hydrogens (tertiary/aromatic N) is 4. The Morgan fingerprint density at radius 2 is 1.90 bits per heavy atom. The molecule has 2 fully saturated rings. The molecule has 1 atom stereocenters. The maximum absolute atomic E-state index is 12.9. The highest BCUT2D eigenvalue weighted by Gasteiger charge is 2.48. The number of carbonyl (C=O) groups is 3. The first kappa shape index (κ1) is 19.4. The van der Waals surface area contributed by atoms with E-state index >= 15 is 0 Å². The number of thiophene rings is 1. The molecule has 152 valence electrons. The van der Waals surface area contributed by atoms with Crippen molar-refractivity contribution in [2.24, 2.45) is 0 Å². The minimum Gasteiger partial charge on any atom is -0.378 e. The molecular weight excluding hydrogens is 388 g/mol. The second kappa shape index (κ2) is 7.87. The van der Waals surface area contributed by atoms with Crippen LogP contribution in [0.4, 0.5) is 10.5 Å². The second-order valence-electron chi connectivity index (χ2n) is 7.50. The summed E-state index contributed by atoms with van der Waals surface area (Å²) in [6.07, 6.45) is 0.663. The van der Waals surface area contributed by atoms with Gasteiger partial charge >= 0.3 is 6.03 Å². The largest absolute Gasteiger partial charge is 0.378 e. The molecule has 29 heavy (non-hydrogen) atoms. The smallest absolute Gasteiger partial charge is 0.327 e. The monoisotopic (exact) mass is 412 g/mol. The van der Waals surface area contributed by atoms with E-state index in [0.29, 0.717) is 31.6 Å². The van der Waals surface area contributed by atoms with Crippen LogP contribution in [0.2, 0.25) is 0 Å². The van der Waals surface area contributed by atoms with Crippen LogP contribution in [0.25, 0.3) is 0 Å². The number of imide groups is 1. The summed E-state index contributed by atoms with van der Waals surface area (Å²) >= 11 is 1.62. The minimum atomic E-state index is -0.579. The molecule has 2 aromatic rings. The summed E-state index contributed by atoms with van der Waals surface area (Å²) in [6, 6.07) is 10.6. The molecule has 0 radical (unpaired) electrons. The van der Waals surface area contributed by atoms with E-state index in [9.17, 15) is 14.4 Å². The predicted octanol–water partition coefficient (Wildman–Crippen LogP) is 2.15. The third-order valence-electron chi connectivity index (χ3n) is 5.49. The van der Waals surface area contributed by atoms with Gasteiger partial charge in [0.15, 0.2) is 0 Å². The molecule has 0 spiro atoms. The fourth-order valence-corrected chi connectivity index (χ4v) is 4.50. The normalized spacial score (nSPS) is 19.0. The summed E-state index contributed by atoms with van der Waals surface area (Å²) in [5.74, 6) is -0.306. The van der Waals surface area contributed by atoms with Crippen molar-refractivity contribution in [1.29, 1.82) is 0 Å². The average Bonchev–Trinajstić information content (AvgIpc) is 3.33. The van der Waals surface area contributed by atoms with Gasteiger partial charge in [0.25, 0.3) is 11.8 Å². The molecule has 1 aromatic heterocycles. The fourth-order valence-electron chi connectivity index (χ4n) is 3.80. The Balaban J connectivity index is 1.42. The zero-order valence-corrected chi connectivity index (χ0v) is 17.4. The molecule has 0 bridgehead atoms. The molecule has 0 N–H and O–H groups in total. The highest BCUT2D eigenvalue weighted by molar-refractivity contribution is 7.09. The number of fused-ring (bicyclic) bond motifs is 1. The first-order valence-corrected chi connectivity index (χ1v) is 10.5.